The van der Waals surface area contributed by atoms with Gasteiger partial charge in [-0.1, -0.05) is 34.1 Å². The van der Waals surface area contributed by atoms with E-state index in [-0.39, 0.29) is 41.3 Å². The highest BCUT2D eigenvalue weighted by molar-refractivity contribution is 5.97. The fraction of sp³-hybridized carbons (Fsp3) is 0.867. The molecule has 0 aromatic carbocycles. The van der Waals surface area contributed by atoms with Crippen LogP contribution in [0.5, 0.6) is 0 Å². The second-order valence-corrected chi connectivity index (χ2v) is 7.06. The number of nitrogens with one attached hydrogen (secondary N) is 1. The first kappa shape index (κ1) is 14.4. The molecule has 1 saturated heterocycles. The van der Waals surface area contributed by atoms with E-state index in [1.807, 2.05) is 18.7 Å². The van der Waals surface area contributed by atoms with Crippen LogP contribution in [-0.4, -0.2) is 34.8 Å². The zero-order valence-corrected chi connectivity index (χ0v) is 12.7. The molecule has 3 atom stereocenters. The Kier molecular flexibility index (Phi) is 3.63. The van der Waals surface area contributed by atoms with Crippen molar-refractivity contribution >= 4 is 11.8 Å². The Morgan fingerprint density at radius 2 is 1.95 bits per heavy atom. The number of carbonyl (C=O) groups excluding carboxylic acids is 2. The Bertz CT molecular complexity index is 390. The van der Waals surface area contributed by atoms with Crippen molar-refractivity contribution in [1.29, 1.82) is 0 Å². The summed E-state index contributed by atoms with van der Waals surface area (Å²) in [6.07, 6.45) is 3.28. The van der Waals surface area contributed by atoms with Gasteiger partial charge in [0.25, 0.3) is 0 Å². The maximum Gasteiger partial charge on any atom is 0.245 e. The van der Waals surface area contributed by atoms with Crippen molar-refractivity contribution in [2.75, 3.05) is 0 Å². The van der Waals surface area contributed by atoms with Gasteiger partial charge in [-0.05, 0) is 31.1 Å². The second kappa shape index (κ2) is 4.80. The highest BCUT2D eigenvalue weighted by Gasteiger charge is 2.49. The lowest BCUT2D eigenvalue weighted by molar-refractivity contribution is -0.156. The summed E-state index contributed by atoms with van der Waals surface area (Å²) in [6, 6.07) is -0.508. The van der Waals surface area contributed by atoms with Crippen LogP contribution in [0.2, 0.25) is 0 Å². The Balaban J connectivity index is 2.36. The number of hydrogen-bond donors (Lipinski definition) is 1. The van der Waals surface area contributed by atoms with Crippen molar-refractivity contribution in [1.82, 2.24) is 10.2 Å². The predicted octanol–water partition coefficient (Wildman–Crippen LogP) is 1.94. The molecule has 0 radical (unpaired) electrons. The van der Waals surface area contributed by atoms with Gasteiger partial charge in [0, 0.05) is 6.04 Å². The van der Waals surface area contributed by atoms with Gasteiger partial charge in [0.15, 0.2) is 0 Å². The molecule has 1 saturated carbocycles. The molecular weight excluding hydrogens is 240 g/mol. The topological polar surface area (TPSA) is 49.4 Å². The van der Waals surface area contributed by atoms with Crippen LogP contribution in [0.4, 0.5) is 0 Å². The van der Waals surface area contributed by atoms with Crippen LogP contribution in [0.25, 0.3) is 0 Å². The molecule has 4 nitrogen and oxygen atoms in total. The van der Waals surface area contributed by atoms with Gasteiger partial charge in [0.05, 0.1) is 0 Å². The molecule has 1 aliphatic heterocycles. The molecule has 108 valence electrons. The molecule has 0 spiro atoms. The van der Waals surface area contributed by atoms with E-state index in [1.54, 1.807) is 6.92 Å². The van der Waals surface area contributed by atoms with Gasteiger partial charge in [-0.25, -0.2) is 0 Å². The fourth-order valence-electron chi connectivity index (χ4n) is 3.64. The Labute approximate surface area is 115 Å². The molecule has 2 rings (SSSR count). The summed E-state index contributed by atoms with van der Waals surface area (Å²) in [5.74, 6) is 0.232. The number of carbonyl (C=O) groups is 2. The highest BCUT2D eigenvalue weighted by Crippen LogP contribution is 2.42. The summed E-state index contributed by atoms with van der Waals surface area (Å²) in [5, 5.41) is 2.81. The van der Waals surface area contributed by atoms with E-state index in [1.165, 1.54) is 0 Å². The van der Waals surface area contributed by atoms with Crippen LogP contribution < -0.4 is 5.32 Å². The average molecular weight is 266 g/mol. The van der Waals surface area contributed by atoms with Crippen molar-refractivity contribution < 1.29 is 9.59 Å². The van der Waals surface area contributed by atoms with E-state index in [2.05, 4.69) is 19.2 Å². The summed E-state index contributed by atoms with van der Waals surface area (Å²) in [6.45, 7) is 10.2. The minimum absolute atomic E-state index is 0.00444. The molecular formula is C15H26N2O2. The third kappa shape index (κ3) is 2.37. The molecule has 1 aliphatic carbocycles. The van der Waals surface area contributed by atoms with E-state index in [0.29, 0.717) is 0 Å². The average Bonchev–Trinajstić information content (AvgIpc) is 2.62. The molecule has 2 amide bonds. The predicted molar refractivity (Wildman–Crippen MR) is 74.5 cm³/mol. The molecule has 1 N–H and O–H groups in total. The maximum atomic E-state index is 12.6. The molecule has 3 unspecified atom stereocenters. The van der Waals surface area contributed by atoms with Gasteiger partial charge < -0.3 is 10.2 Å². The third-order valence-electron chi connectivity index (χ3n) is 4.72. The lowest BCUT2D eigenvalue weighted by atomic mass is 9.83. The van der Waals surface area contributed by atoms with Gasteiger partial charge >= 0.3 is 0 Å². The van der Waals surface area contributed by atoms with E-state index in [0.717, 1.165) is 19.3 Å². The van der Waals surface area contributed by atoms with Gasteiger partial charge in [0.2, 0.25) is 11.8 Å². The zero-order valence-electron chi connectivity index (χ0n) is 12.7. The first-order valence-corrected chi connectivity index (χ1v) is 7.38. The molecule has 2 aliphatic rings. The summed E-state index contributed by atoms with van der Waals surface area (Å²) < 4.78 is 0. The van der Waals surface area contributed by atoms with Crippen molar-refractivity contribution in [2.24, 2.45) is 11.3 Å². The quantitative estimate of drug-likeness (QED) is 0.830. The third-order valence-corrected chi connectivity index (χ3v) is 4.72. The van der Waals surface area contributed by atoms with Crippen LogP contribution in [-0.2, 0) is 9.59 Å². The number of nitrogens with zero attached hydrogens (tertiary/aromatic N) is 1. The van der Waals surface area contributed by atoms with E-state index in [9.17, 15) is 9.59 Å². The van der Waals surface area contributed by atoms with E-state index >= 15 is 0 Å². The van der Waals surface area contributed by atoms with Gasteiger partial charge in [0.1, 0.15) is 12.1 Å². The van der Waals surface area contributed by atoms with Crippen molar-refractivity contribution in [3.05, 3.63) is 0 Å². The fourth-order valence-corrected chi connectivity index (χ4v) is 3.64. The summed E-state index contributed by atoms with van der Waals surface area (Å²) in [4.78, 5) is 26.7. The lowest BCUT2D eigenvalue weighted by Gasteiger charge is -2.47. The second-order valence-electron chi connectivity index (χ2n) is 7.06. The van der Waals surface area contributed by atoms with Gasteiger partial charge in [-0.15, -0.1) is 0 Å². The van der Waals surface area contributed by atoms with Crippen LogP contribution in [0, 0.1) is 11.3 Å². The van der Waals surface area contributed by atoms with Crippen LogP contribution in [0.3, 0.4) is 0 Å². The monoisotopic (exact) mass is 266 g/mol. The Morgan fingerprint density at radius 3 is 2.42 bits per heavy atom. The molecule has 19 heavy (non-hydrogen) atoms. The molecule has 1 heterocycles. The van der Waals surface area contributed by atoms with E-state index in [4.69, 9.17) is 0 Å². The number of piperazine rings is 1. The first-order chi connectivity index (χ1) is 8.75. The molecule has 2 fully saturated rings. The standard InChI is InChI=1S/C15H26N2O2/c1-9(2)12-13(18)16-10(3)14(19)17(12)11-7-6-8-15(11,4)5/h9-12H,6-8H2,1-5H3,(H,16,18). The number of amides is 2. The van der Waals surface area contributed by atoms with Gasteiger partial charge in [-0.2, -0.15) is 0 Å². The van der Waals surface area contributed by atoms with Gasteiger partial charge in [-0.3, -0.25) is 9.59 Å². The SMILES string of the molecule is CC1NC(=O)C(C(C)C)N(C2CCCC2(C)C)C1=O. The maximum absolute atomic E-state index is 12.6. The molecule has 0 bridgehead atoms. The number of rotatable bonds is 2. The first-order valence-electron chi connectivity index (χ1n) is 7.38. The minimum atomic E-state index is -0.390. The Hall–Kier alpha value is -1.06. The van der Waals surface area contributed by atoms with Crippen LogP contribution in [0.1, 0.15) is 53.9 Å². The van der Waals surface area contributed by atoms with Crippen LogP contribution in [0.15, 0.2) is 0 Å². The molecule has 4 heteroatoms. The highest BCUT2D eigenvalue weighted by atomic mass is 16.2. The van der Waals surface area contributed by atoms with Crippen LogP contribution >= 0.6 is 0 Å². The summed E-state index contributed by atoms with van der Waals surface area (Å²) >= 11 is 0. The molecule has 0 aromatic rings. The Morgan fingerprint density at radius 1 is 1.32 bits per heavy atom. The molecule has 0 aromatic heterocycles. The number of hydrogen-bond acceptors (Lipinski definition) is 2. The van der Waals surface area contributed by atoms with E-state index < -0.39 is 0 Å². The smallest absolute Gasteiger partial charge is 0.245 e. The summed E-state index contributed by atoms with van der Waals surface area (Å²) in [7, 11) is 0. The van der Waals surface area contributed by atoms with Crippen molar-refractivity contribution in [3.63, 3.8) is 0 Å². The minimum Gasteiger partial charge on any atom is -0.343 e. The summed E-state index contributed by atoms with van der Waals surface area (Å²) in [5.41, 5.74) is 0.111. The van der Waals surface area contributed by atoms with Crippen molar-refractivity contribution in [2.45, 2.75) is 72.0 Å². The van der Waals surface area contributed by atoms with Crippen molar-refractivity contribution in [3.8, 4) is 0 Å². The largest absolute Gasteiger partial charge is 0.343 e. The lowest BCUT2D eigenvalue weighted by Crippen LogP contribution is -2.67. The zero-order chi connectivity index (χ0) is 14.4. The normalized spacial score (nSPS) is 34.8.